The molecule has 138 valence electrons. The van der Waals surface area contributed by atoms with Crippen molar-refractivity contribution in [2.45, 2.75) is 12.8 Å². The number of carbonyl (C=O) groups excluding carboxylic acids is 2. The number of carbonyl (C=O) groups is 2. The summed E-state index contributed by atoms with van der Waals surface area (Å²) in [5, 5.41) is 4.63. The number of hydrogen-bond donors (Lipinski definition) is 2. The van der Waals surface area contributed by atoms with Crippen LogP contribution in [0.15, 0.2) is 18.2 Å². The molecule has 1 aromatic carbocycles. The van der Waals surface area contributed by atoms with Crippen molar-refractivity contribution in [1.82, 2.24) is 10.2 Å². The van der Waals surface area contributed by atoms with Gasteiger partial charge in [-0.3, -0.25) is 9.59 Å². The third-order valence-electron chi connectivity index (χ3n) is 4.25. The number of amides is 2. The van der Waals surface area contributed by atoms with Gasteiger partial charge in [-0.15, -0.1) is 0 Å². The van der Waals surface area contributed by atoms with Crippen LogP contribution in [0.4, 0.5) is 14.5 Å². The molecule has 0 atom stereocenters. The van der Waals surface area contributed by atoms with E-state index in [1.165, 1.54) is 0 Å². The number of methoxy groups -OCH3 is 1. The minimum Gasteiger partial charge on any atom is -0.383 e. The number of likely N-dealkylation sites (tertiary alicyclic amines) is 1. The Labute approximate surface area is 145 Å². The molecular formula is C17H23F2N3O3. The highest BCUT2D eigenvalue weighted by Crippen LogP contribution is 2.17. The van der Waals surface area contributed by atoms with E-state index in [2.05, 4.69) is 15.5 Å². The smallest absolute Gasteiger partial charge is 0.313 e. The maximum absolute atomic E-state index is 13.5. The Bertz CT molecular complexity index is 605. The number of nitrogens with zero attached hydrogens (tertiary/aromatic N) is 1. The van der Waals surface area contributed by atoms with Crippen LogP contribution in [0.3, 0.4) is 0 Å². The zero-order valence-electron chi connectivity index (χ0n) is 14.2. The van der Waals surface area contributed by atoms with Crippen molar-refractivity contribution in [3.8, 4) is 0 Å². The molecule has 1 aromatic rings. The van der Waals surface area contributed by atoms with Crippen LogP contribution in [0.2, 0.25) is 0 Å². The quantitative estimate of drug-likeness (QED) is 0.757. The fraction of sp³-hybridized carbons (Fsp3) is 0.529. The van der Waals surface area contributed by atoms with Gasteiger partial charge in [-0.1, -0.05) is 0 Å². The minimum absolute atomic E-state index is 0.293. The number of hydrogen-bond acceptors (Lipinski definition) is 4. The zero-order chi connectivity index (χ0) is 18.2. The van der Waals surface area contributed by atoms with E-state index in [9.17, 15) is 18.4 Å². The van der Waals surface area contributed by atoms with Crippen LogP contribution in [0, 0.1) is 17.6 Å². The highest BCUT2D eigenvalue weighted by atomic mass is 19.1. The van der Waals surface area contributed by atoms with Crippen LogP contribution in [0.5, 0.6) is 0 Å². The molecule has 8 heteroatoms. The fourth-order valence-electron chi connectivity index (χ4n) is 2.72. The van der Waals surface area contributed by atoms with Gasteiger partial charge in [0, 0.05) is 26.3 Å². The molecule has 0 unspecified atom stereocenters. The van der Waals surface area contributed by atoms with Crippen molar-refractivity contribution in [2.75, 3.05) is 45.2 Å². The normalized spacial score (nSPS) is 15.8. The molecule has 0 bridgehead atoms. The molecule has 25 heavy (non-hydrogen) atoms. The van der Waals surface area contributed by atoms with Crippen LogP contribution in [-0.4, -0.2) is 56.6 Å². The first kappa shape index (κ1) is 19.3. The average Bonchev–Trinajstić information content (AvgIpc) is 2.61. The summed E-state index contributed by atoms with van der Waals surface area (Å²) in [5.74, 6) is -3.07. The van der Waals surface area contributed by atoms with E-state index < -0.39 is 23.4 Å². The molecule has 1 aliphatic heterocycles. The first-order valence-electron chi connectivity index (χ1n) is 8.25. The molecule has 0 aromatic heterocycles. The molecule has 6 nitrogen and oxygen atoms in total. The van der Waals surface area contributed by atoms with Gasteiger partial charge in [0.15, 0.2) is 0 Å². The van der Waals surface area contributed by atoms with Crippen molar-refractivity contribution in [3.05, 3.63) is 29.8 Å². The van der Waals surface area contributed by atoms with Crippen LogP contribution in [0.1, 0.15) is 12.8 Å². The lowest BCUT2D eigenvalue weighted by Gasteiger charge is -2.31. The topological polar surface area (TPSA) is 70.7 Å². The molecule has 0 radical (unpaired) electrons. The summed E-state index contributed by atoms with van der Waals surface area (Å²) < 4.78 is 31.6. The first-order chi connectivity index (χ1) is 12.0. The molecule has 1 heterocycles. The fourth-order valence-corrected chi connectivity index (χ4v) is 2.72. The van der Waals surface area contributed by atoms with Gasteiger partial charge in [-0.05, 0) is 44.0 Å². The Morgan fingerprint density at radius 1 is 1.24 bits per heavy atom. The van der Waals surface area contributed by atoms with Crippen molar-refractivity contribution in [3.63, 3.8) is 0 Å². The van der Waals surface area contributed by atoms with E-state index in [-0.39, 0.29) is 5.69 Å². The number of ether oxygens (including phenoxy) is 1. The second-order valence-electron chi connectivity index (χ2n) is 6.07. The maximum Gasteiger partial charge on any atom is 0.313 e. The summed E-state index contributed by atoms with van der Waals surface area (Å²) in [5.41, 5.74) is -0.355. The molecule has 1 aliphatic rings. The van der Waals surface area contributed by atoms with E-state index in [1.807, 2.05) is 0 Å². The molecule has 0 aliphatic carbocycles. The monoisotopic (exact) mass is 355 g/mol. The summed E-state index contributed by atoms with van der Waals surface area (Å²) >= 11 is 0. The lowest BCUT2D eigenvalue weighted by molar-refractivity contribution is -0.136. The maximum atomic E-state index is 13.5. The van der Waals surface area contributed by atoms with E-state index in [0.29, 0.717) is 19.1 Å². The average molecular weight is 355 g/mol. The summed E-state index contributed by atoms with van der Waals surface area (Å²) in [4.78, 5) is 25.9. The van der Waals surface area contributed by atoms with Crippen molar-refractivity contribution >= 4 is 17.5 Å². The molecule has 2 amide bonds. The molecular weight excluding hydrogens is 332 g/mol. The van der Waals surface area contributed by atoms with Gasteiger partial charge in [-0.25, -0.2) is 8.78 Å². The van der Waals surface area contributed by atoms with Gasteiger partial charge in [0.05, 0.1) is 12.3 Å². The molecule has 1 saturated heterocycles. The minimum atomic E-state index is -1.01. The van der Waals surface area contributed by atoms with Crippen LogP contribution in [-0.2, 0) is 14.3 Å². The number of benzene rings is 1. The highest BCUT2D eigenvalue weighted by Gasteiger charge is 2.21. The summed E-state index contributed by atoms with van der Waals surface area (Å²) in [6.45, 7) is 3.81. The number of piperidine rings is 1. The largest absolute Gasteiger partial charge is 0.383 e. The molecule has 2 N–H and O–H groups in total. The number of rotatable bonds is 6. The van der Waals surface area contributed by atoms with Crippen LogP contribution >= 0.6 is 0 Å². The van der Waals surface area contributed by atoms with Gasteiger partial charge >= 0.3 is 11.8 Å². The highest BCUT2D eigenvalue weighted by molar-refractivity contribution is 6.39. The lowest BCUT2D eigenvalue weighted by Crippen LogP contribution is -2.42. The van der Waals surface area contributed by atoms with Crippen LogP contribution in [0.25, 0.3) is 0 Å². The van der Waals surface area contributed by atoms with Gasteiger partial charge in [0.1, 0.15) is 11.6 Å². The van der Waals surface area contributed by atoms with Crippen molar-refractivity contribution in [2.24, 2.45) is 5.92 Å². The number of halogens is 2. The Kier molecular flexibility index (Phi) is 7.27. The van der Waals surface area contributed by atoms with E-state index >= 15 is 0 Å². The first-order valence-corrected chi connectivity index (χ1v) is 8.25. The third kappa shape index (κ3) is 6.06. The second-order valence-corrected chi connectivity index (χ2v) is 6.07. The Hall–Kier alpha value is -2.06. The lowest BCUT2D eigenvalue weighted by atomic mass is 9.97. The van der Waals surface area contributed by atoms with Gasteiger partial charge in [0.2, 0.25) is 0 Å². The van der Waals surface area contributed by atoms with Gasteiger partial charge < -0.3 is 20.3 Å². The van der Waals surface area contributed by atoms with E-state index in [1.54, 1.807) is 7.11 Å². The Morgan fingerprint density at radius 2 is 1.96 bits per heavy atom. The summed E-state index contributed by atoms with van der Waals surface area (Å²) in [7, 11) is 1.67. The number of anilines is 1. The Balaban J connectivity index is 1.73. The van der Waals surface area contributed by atoms with Gasteiger partial charge in [-0.2, -0.15) is 0 Å². The zero-order valence-corrected chi connectivity index (χ0v) is 14.2. The van der Waals surface area contributed by atoms with Gasteiger partial charge in [0.25, 0.3) is 0 Å². The molecule has 2 rings (SSSR count). The van der Waals surface area contributed by atoms with E-state index in [0.717, 1.165) is 50.7 Å². The third-order valence-corrected chi connectivity index (χ3v) is 4.25. The number of nitrogens with one attached hydrogen (secondary N) is 2. The SMILES string of the molecule is COCCN1CCC(CNC(=O)C(=O)Nc2cc(F)ccc2F)CC1. The predicted molar refractivity (Wildman–Crippen MR) is 89.0 cm³/mol. The molecule has 0 saturated carbocycles. The van der Waals surface area contributed by atoms with Crippen molar-refractivity contribution < 1.29 is 23.1 Å². The Morgan fingerprint density at radius 3 is 2.64 bits per heavy atom. The van der Waals surface area contributed by atoms with Crippen molar-refractivity contribution in [1.29, 1.82) is 0 Å². The van der Waals surface area contributed by atoms with Crippen LogP contribution < -0.4 is 10.6 Å². The summed E-state index contributed by atoms with van der Waals surface area (Å²) in [6, 6.07) is 2.65. The molecule has 0 spiro atoms. The second kappa shape index (κ2) is 9.43. The summed E-state index contributed by atoms with van der Waals surface area (Å²) in [6.07, 6.45) is 1.84. The van der Waals surface area contributed by atoms with E-state index in [4.69, 9.17) is 4.74 Å². The molecule has 1 fully saturated rings. The predicted octanol–water partition coefficient (Wildman–Crippen LogP) is 1.38. The standard InChI is InChI=1S/C17H23F2N3O3/c1-25-9-8-22-6-4-12(5-7-22)11-20-16(23)17(24)21-15-10-13(18)2-3-14(15)19/h2-3,10,12H,4-9,11H2,1H3,(H,20,23)(H,21,24).